The van der Waals surface area contributed by atoms with Crippen LogP contribution in [-0.2, 0) is 0 Å². The second kappa shape index (κ2) is 5.61. The third kappa shape index (κ3) is 2.89. The van der Waals surface area contributed by atoms with Crippen LogP contribution in [0.4, 0.5) is 0 Å². The van der Waals surface area contributed by atoms with Crippen molar-refractivity contribution in [2.75, 3.05) is 13.2 Å². The summed E-state index contributed by atoms with van der Waals surface area (Å²) in [6.07, 6.45) is 0. The van der Waals surface area contributed by atoms with E-state index in [1.807, 2.05) is 13.0 Å². The van der Waals surface area contributed by atoms with E-state index in [2.05, 4.69) is 0 Å². The van der Waals surface area contributed by atoms with Crippen LogP contribution in [0.25, 0.3) is 0 Å². The van der Waals surface area contributed by atoms with E-state index in [9.17, 15) is 4.79 Å². The van der Waals surface area contributed by atoms with Gasteiger partial charge in [0.15, 0.2) is 18.1 Å². The third-order valence-corrected chi connectivity index (χ3v) is 1.82. The van der Waals surface area contributed by atoms with E-state index in [4.69, 9.17) is 20.5 Å². The molecule has 0 radical (unpaired) electrons. The first-order valence-electron chi connectivity index (χ1n) is 4.75. The molecular weight excluding hydrogens is 208 g/mol. The number of rotatable bonds is 5. The van der Waals surface area contributed by atoms with Gasteiger partial charge in [-0.1, -0.05) is 0 Å². The first-order chi connectivity index (χ1) is 7.69. The molecule has 5 heteroatoms. The second-order valence-corrected chi connectivity index (χ2v) is 2.91. The molecule has 0 aliphatic carbocycles. The zero-order chi connectivity index (χ0) is 12.0. The van der Waals surface area contributed by atoms with Gasteiger partial charge < -0.3 is 15.2 Å². The molecule has 5 nitrogen and oxygen atoms in total. The van der Waals surface area contributed by atoms with Crippen LogP contribution >= 0.6 is 0 Å². The monoisotopic (exact) mass is 220 g/mol. The highest BCUT2D eigenvalue weighted by Crippen LogP contribution is 2.28. The number of nitrogens with zero attached hydrogens (tertiary/aromatic N) is 1. The normalized spacial score (nSPS) is 9.25. The number of primary amides is 1. The van der Waals surface area contributed by atoms with Gasteiger partial charge in [0.05, 0.1) is 6.61 Å². The fraction of sp³-hybridized carbons (Fsp3) is 0.273. The zero-order valence-electron chi connectivity index (χ0n) is 8.90. The van der Waals surface area contributed by atoms with E-state index in [1.165, 1.54) is 12.1 Å². The van der Waals surface area contributed by atoms with Gasteiger partial charge in [-0.15, -0.1) is 0 Å². The SMILES string of the molecule is CCOc1cc(C(N)=O)ccc1OCC#N. The molecule has 0 saturated heterocycles. The Hall–Kier alpha value is -2.22. The van der Waals surface area contributed by atoms with Gasteiger partial charge in [-0.05, 0) is 25.1 Å². The highest BCUT2D eigenvalue weighted by Gasteiger charge is 2.09. The van der Waals surface area contributed by atoms with Gasteiger partial charge >= 0.3 is 0 Å². The number of hydrogen-bond acceptors (Lipinski definition) is 4. The number of hydrogen-bond donors (Lipinski definition) is 1. The summed E-state index contributed by atoms with van der Waals surface area (Å²) < 4.78 is 10.4. The Morgan fingerprint density at radius 1 is 1.44 bits per heavy atom. The standard InChI is InChI=1S/C11H12N2O3/c1-2-15-10-7-8(11(13)14)3-4-9(10)16-6-5-12/h3-4,7H,2,6H2,1H3,(H2,13,14). The molecule has 0 unspecified atom stereocenters. The van der Waals surface area contributed by atoms with E-state index in [0.717, 1.165) is 0 Å². The van der Waals surface area contributed by atoms with Crippen LogP contribution in [0.5, 0.6) is 11.5 Å². The predicted octanol–water partition coefficient (Wildman–Crippen LogP) is 1.09. The van der Waals surface area contributed by atoms with Crippen LogP contribution < -0.4 is 15.2 Å². The fourth-order valence-corrected chi connectivity index (χ4v) is 1.16. The summed E-state index contributed by atoms with van der Waals surface area (Å²) in [5, 5.41) is 8.40. The maximum Gasteiger partial charge on any atom is 0.248 e. The summed E-state index contributed by atoms with van der Waals surface area (Å²) in [5.74, 6) is 0.301. The topological polar surface area (TPSA) is 85.3 Å². The van der Waals surface area contributed by atoms with Crippen molar-refractivity contribution >= 4 is 5.91 Å². The molecule has 1 aromatic carbocycles. The van der Waals surface area contributed by atoms with Gasteiger partial charge in [0.1, 0.15) is 6.07 Å². The Labute approximate surface area is 93.4 Å². The van der Waals surface area contributed by atoms with Gasteiger partial charge in [-0.25, -0.2) is 0 Å². The largest absolute Gasteiger partial charge is 0.490 e. The molecule has 1 rings (SSSR count). The first-order valence-corrected chi connectivity index (χ1v) is 4.75. The lowest BCUT2D eigenvalue weighted by molar-refractivity contribution is 0.1000. The highest BCUT2D eigenvalue weighted by atomic mass is 16.5. The molecule has 84 valence electrons. The molecule has 16 heavy (non-hydrogen) atoms. The Morgan fingerprint density at radius 3 is 2.75 bits per heavy atom. The minimum absolute atomic E-state index is 0.0734. The van der Waals surface area contributed by atoms with Crippen LogP contribution in [0.2, 0.25) is 0 Å². The predicted molar refractivity (Wildman–Crippen MR) is 57.2 cm³/mol. The molecule has 0 spiro atoms. The lowest BCUT2D eigenvalue weighted by Crippen LogP contribution is -2.11. The maximum absolute atomic E-state index is 11.0. The number of benzene rings is 1. The number of nitriles is 1. The fourth-order valence-electron chi connectivity index (χ4n) is 1.16. The van der Waals surface area contributed by atoms with Crippen molar-refractivity contribution in [3.63, 3.8) is 0 Å². The van der Waals surface area contributed by atoms with E-state index < -0.39 is 5.91 Å². The molecule has 0 atom stereocenters. The van der Waals surface area contributed by atoms with E-state index in [1.54, 1.807) is 6.07 Å². The minimum atomic E-state index is -0.534. The smallest absolute Gasteiger partial charge is 0.248 e. The number of amides is 1. The quantitative estimate of drug-likeness (QED) is 0.804. The van der Waals surface area contributed by atoms with Crippen LogP contribution in [-0.4, -0.2) is 19.1 Å². The minimum Gasteiger partial charge on any atom is -0.490 e. The molecule has 0 aromatic heterocycles. The summed E-state index contributed by atoms with van der Waals surface area (Å²) >= 11 is 0. The molecule has 0 saturated carbocycles. The van der Waals surface area contributed by atoms with Gasteiger partial charge in [0.25, 0.3) is 0 Å². The molecular formula is C11H12N2O3. The molecule has 1 aromatic rings. The van der Waals surface area contributed by atoms with Crippen LogP contribution in [0, 0.1) is 11.3 Å². The van der Waals surface area contributed by atoms with Crippen LogP contribution in [0.3, 0.4) is 0 Å². The van der Waals surface area contributed by atoms with Crippen molar-refractivity contribution in [3.8, 4) is 17.6 Å². The van der Waals surface area contributed by atoms with Gasteiger partial charge in [0.2, 0.25) is 5.91 Å². The van der Waals surface area contributed by atoms with Gasteiger partial charge in [-0.2, -0.15) is 5.26 Å². The van der Waals surface area contributed by atoms with Crippen LogP contribution in [0.15, 0.2) is 18.2 Å². The molecule has 0 heterocycles. The molecule has 0 bridgehead atoms. The molecule has 0 aliphatic rings. The third-order valence-electron chi connectivity index (χ3n) is 1.82. The van der Waals surface area contributed by atoms with E-state index >= 15 is 0 Å². The Bertz CT molecular complexity index is 424. The van der Waals surface area contributed by atoms with Crippen molar-refractivity contribution in [2.24, 2.45) is 5.73 Å². The number of carbonyl (C=O) groups is 1. The van der Waals surface area contributed by atoms with E-state index in [0.29, 0.717) is 23.7 Å². The van der Waals surface area contributed by atoms with Crippen LogP contribution in [0.1, 0.15) is 17.3 Å². The Kier molecular flexibility index (Phi) is 4.16. The van der Waals surface area contributed by atoms with Crippen molar-refractivity contribution in [3.05, 3.63) is 23.8 Å². The van der Waals surface area contributed by atoms with Gasteiger partial charge in [0, 0.05) is 5.56 Å². The lowest BCUT2D eigenvalue weighted by Gasteiger charge is -2.10. The number of nitrogens with two attached hydrogens (primary N) is 1. The number of ether oxygens (including phenoxy) is 2. The average Bonchev–Trinajstić information content (AvgIpc) is 2.27. The van der Waals surface area contributed by atoms with Gasteiger partial charge in [-0.3, -0.25) is 4.79 Å². The summed E-state index contributed by atoms with van der Waals surface area (Å²) in [6.45, 7) is 2.17. The van der Waals surface area contributed by atoms with Crippen molar-refractivity contribution in [1.29, 1.82) is 5.26 Å². The molecule has 0 fully saturated rings. The van der Waals surface area contributed by atoms with Crippen molar-refractivity contribution in [2.45, 2.75) is 6.92 Å². The Balaban J connectivity index is 2.99. The Morgan fingerprint density at radius 2 is 2.19 bits per heavy atom. The molecule has 1 amide bonds. The average molecular weight is 220 g/mol. The first kappa shape index (κ1) is 11.9. The van der Waals surface area contributed by atoms with E-state index in [-0.39, 0.29) is 6.61 Å². The van der Waals surface area contributed by atoms with Crippen molar-refractivity contribution < 1.29 is 14.3 Å². The molecule has 2 N–H and O–H groups in total. The summed E-state index contributed by atoms with van der Waals surface area (Å²) in [7, 11) is 0. The highest BCUT2D eigenvalue weighted by molar-refractivity contribution is 5.93. The lowest BCUT2D eigenvalue weighted by atomic mass is 10.2. The zero-order valence-corrected chi connectivity index (χ0v) is 8.90. The summed E-state index contributed by atoms with van der Waals surface area (Å²) in [4.78, 5) is 11.0. The van der Waals surface area contributed by atoms with Crippen molar-refractivity contribution in [1.82, 2.24) is 0 Å². The second-order valence-electron chi connectivity index (χ2n) is 2.91. The maximum atomic E-state index is 11.0. The number of carbonyl (C=O) groups excluding carboxylic acids is 1. The molecule has 0 aliphatic heterocycles. The summed E-state index contributed by atoms with van der Waals surface area (Å²) in [6, 6.07) is 6.44. The summed E-state index contributed by atoms with van der Waals surface area (Å²) in [5.41, 5.74) is 5.48.